The second kappa shape index (κ2) is 11.2. The topological polar surface area (TPSA) is 104 Å². The third kappa shape index (κ3) is 4.79. The lowest BCUT2D eigenvalue weighted by Crippen LogP contribution is -2.58. The molecule has 256 valence electrons. The van der Waals surface area contributed by atoms with Crippen molar-refractivity contribution in [1.82, 2.24) is 23.4 Å². The van der Waals surface area contributed by atoms with Crippen molar-refractivity contribution in [1.29, 1.82) is 0 Å². The summed E-state index contributed by atoms with van der Waals surface area (Å²) < 4.78 is 62.1. The van der Waals surface area contributed by atoms with Gasteiger partial charge in [0.2, 0.25) is 5.91 Å². The molecule has 3 aromatic rings. The molecule has 0 spiro atoms. The number of carbonyl (C=O) groups excluding carboxylic acids is 2. The number of benzene rings is 2. The molecule has 2 aromatic carbocycles. The summed E-state index contributed by atoms with van der Waals surface area (Å²) in [6, 6.07) is 10.6. The van der Waals surface area contributed by atoms with E-state index in [1.54, 1.807) is 24.3 Å². The number of aromatic nitrogens is 1. The van der Waals surface area contributed by atoms with E-state index in [0.717, 1.165) is 95.6 Å². The number of nitrogens with zero attached hydrogens (tertiary/aromatic N) is 4. The van der Waals surface area contributed by atoms with Gasteiger partial charge in [0.15, 0.2) is 0 Å². The van der Waals surface area contributed by atoms with E-state index in [-0.39, 0.29) is 41.1 Å². The highest BCUT2D eigenvalue weighted by Crippen LogP contribution is 2.67. The van der Waals surface area contributed by atoms with Gasteiger partial charge in [-0.2, -0.15) is 21.5 Å². The monoisotopic (exact) mass is 681 g/mol. The van der Waals surface area contributed by atoms with Crippen LogP contribution in [0.2, 0.25) is 0 Å². The van der Waals surface area contributed by atoms with E-state index in [1.165, 1.54) is 14.1 Å². The summed E-state index contributed by atoms with van der Waals surface area (Å²) >= 11 is 0. The zero-order valence-electron chi connectivity index (χ0n) is 27.4. The van der Waals surface area contributed by atoms with Crippen LogP contribution in [0.1, 0.15) is 84.7 Å². The predicted octanol–water partition coefficient (Wildman–Crippen LogP) is 4.99. The van der Waals surface area contributed by atoms with E-state index in [4.69, 9.17) is 4.74 Å². The molecule has 1 aromatic heterocycles. The number of ether oxygens (including phenoxy) is 1. The predicted molar refractivity (Wildman–Crippen MR) is 176 cm³/mol. The van der Waals surface area contributed by atoms with Gasteiger partial charge in [-0.25, -0.2) is 4.72 Å². The van der Waals surface area contributed by atoms with E-state index in [0.29, 0.717) is 6.42 Å². The van der Waals surface area contributed by atoms with Gasteiger partial charge in [0.05, 0.1) is 11.2 Å². The lowest BCUT2D eigenvalue weighted by atomic mass is 9.80. The first-order valence-corrected chi connectivity index (χ1v) is 18.4. The fourth-order valence-electron chi connectivity index (χ4n) is 9.29. The number of hydrogen-bond donors (Lipinski definition) is 1. The van der Waals surface area contributed by atoms with E-state index in [2.05, 4.69) is 26.1 Å². The molecule has 2 amide bonds. The summed E-state index contributed by atoms with van der Waals surface area (Å²) in [5, 5.41) is 0.934. The molecule has 4 heterocycles. The number of carbonyl (C=O) groups is 2. The maximum Gasteiger partial charge on any atom is 0.387 e. The Morgan fingerprint density at radius 3 is 2.38 bits per heavy atom. The second-order valence-corrected chi connectivity index (χ2v) is 16.4. The van der Waals surface area contributed by atoms with Crippen molar-refractivity contribution in [2.75, 3.05) is 34.2 Å². The molecular weight excluding hydrogens is 640 g/mol. The Kier molecular flexibility index (Phi) is 7.43. The van der Waals surface area contributed by atoms with Crippen LogP contribution in [-0.2, 0) is 20.5 Å². The fraction of sp³-hybridized carbons (Fsp3) is 0.543. The number of piperazine rings is 1. The van der Waals surface area contributed by atoms with Crippen molar-refractivity contribution in [3.8, 4) is 17.0 Å². The van der Waals surface area contributed by atoms with Crippen molar-refractivity contribution < 1.29 is 31.5 Å². The quantitative estimate of drug-likeness (QED) is 0.377. The summed E-state index contributed by atoms with van der Waals surface area (Å²) in [7, 11) is 0.749. The minimum Gasteiger partial charge on any atom is -0.435 e. The molecule has 48 heavy (non-hydrogen) atoms. The maximum atomic E-state index is 15.2. The molecule has 2 aliphatic carbocycles. The van der Waals surface area contributed by atoms with Crippen molar-refractivity contribution in [2.45, 2.75) is 87.4 Å². The number of likely N-dealkylation sites (N-methyl/N-ethyl adjacent to an activating group) is 1. The van der Waals surface area contributed by atoms with Crippen LogP contribution in [0.3, 0.4) is 0 Å². The number of likely N-dealkylation sites (tertiary alicyclic amines) is 1. The largest absolute Gasteiger partial charge is 0.435 e. The standard InChI is InChI=1S/C35H41F2N5O5S/c1-39(2)48(45,46)38-32(43)21-9-13-26-29(15-21)42-31(30(26)20-7-5-4-6-8-20)25-14-12-24(47-34(36)37)16-27(25)28-17-35(28,42)33(44)41-22-10-11-23(41)19-40(3)18-22/h9,12-16,20,22-23,28,34H,4-8,10-11,17-19H2,1-3H3,(H,38,43). The van der Waals surface area contributed by atoms with Gasteiger partial charge >= 0.3 is 16.8 Å². The number of rotatable bonds is 7. The number of alkyl halides is 2. The van der Waals surface area contributed by atoms with Gasteiger partial charge in [-0.1, -0.05) is 25.3 Å². The Labute approximate surface area is 279 Å². The van der Waals surface area contributed by atoms with Crippen LogP contribution in [0.5, 0.6) is 5.75 Å². The average Bonchev–Trinajstić information content (AvgIpc) is 3.63. The Hall–Kier alpha value is -3.55. The number of hydrogen-bond acceptors (Lipinski definition) is 6. The number of halogens is 2. The Bertz CT molecular complexity index is 1930. The van der Waals surface area contributed by atoms with Crippen molar-refractivity contribution >= 4 is 32.9 Å². The molecule has 4 fully saturated rings. The normalized spacial score (nSPS) is 26.8. The number of fused-ring (bicyclic) bond motifs is 10. The zero-order chi connectivity index (χ0) is 33.7. The van der Waals surface area contributed by atoms with Crippen molar-refractivity contribution in [3.63, 3.8) is 0 Å². The first-order chi connectivity index (χ1) is 22.9. The zero-order valence-corrected chi connectivity index (χ0v) is 28.2. The van der Waals surface area contributed by atoms with Crippen LogP contribution < -0.4 is 9.46 Å². The van der Waals surface area contributed by atoms with Crippen LogP contribution in [-0.4, -0.2) is 91.8 Å². The van der Waals surface area contributed by atoms with Crippen LogP contribution >= 0.6 is 0 Å². The Balaban J connectivity index is 1.36. The lowest BCUT2D eigenvalue weighted by molar-refractivity contribution is -0.142. The van der Waals surface area contributed by atoms with E-state index < -0.39 is 28.3 Å². The first kappa shape index (κ1) is 31.7. The van der Waals surface area contributed by atoms with Crippen molar-refractivity contribution in [2.24, 2.45) is 0 Å². The molecule has 10 nitrogen and oxygen atoms in total. The smallest absolute Gasteiger partial charge is 0.387 e. The van der Waals surface area contributed by atoms with Crippen LogP contribution in [0.25, 0.3) is 22.2 Å². The average molecular weight is 682 g/mol. The Morgan fingerprint density at radius 1 is 1.00 bits per heavy atom. The third-order valence-corrected chi connectivity index (χ3v) is 12.9. The van der Waals surface area contributed by atoms with Gasteiger partial charge in [0.1, 0.15) is 11.3 Å². The maximum absolute atomic E-state index is 15.2. The lowest BCUT2D eigenvalue weighted by Gasteiger charge is -2.43. The summed E-state index contributed by atoms with van der Waals surface area (Å²) in [4.78, 5) is 33.0. The van der Waals surface area contributed by atoms with E-state index in [1.807, 2.05) is 12.1 Å². The van der Waals surface area contributed by atoms with Crippen molar-refractivity contribution in [3.05, 3.63) is 53.1 Å². The number of nitrogens with one attached hydrogen (secondary N) is 1. The highest BCUT2D eigenvalue weighted by Gasteiger charge is 2.68. The molecule has 2 saturated heterocycles. The SMILES string of the molecule is CN1CC2CCC(C1)N2C(=O)C12CC1c1cc(OC(F)F)ccc1-c1c(C3CCCCC3)c3ccc(C(=O)NS(=O)(=O)N(C)C)cc3n12. The molecule has 4 atom stereocenters. The first-order valence-electron chi connectivity index (χ1n) is 16.9. The Morgan fingerprint density at radius 2 is 1.71 bits per heavy atom. The summed E-state index contributed by atoms with van der Waals surface area (Å²) in [5.74, 6) is -0.707. The molecule has 13 heteroatoms. The van der Waals surface area contributed by atoms with Crippen LogP contribution in [0, 0.1) is 0 Å². The highest BCUT2D eigenvalue weighted by molar-refractivity contribution is 7.87. The molecule has 3 aliphatic heterocycles. The summed E-state index contributed by atoms with van der Waals surface area (Å²) in [6.07, 6.45) is 7.61. The van der Waals surface area contributed by atoms with Gasteiger partial charge in [-0.05, 0) is 86.5 Å². The van der Waals surface area contributed by atoms with Crippen LogP contribution in [0.15, 0.2) is 36.4 Å². The van der Waals surface area contributed by atoms with Gasteiger partial charge in [-0.15, -0.1) is 0 Å². The minimum atomic E-state index is -4.04. The third-order valence-electron chi connectivity index (χ3n) is 11.5. The van der Waals surface area contributed by atoms with Gasteiger partial charge < -0.3 is 19.1 Å². The summed E-state index contributed by atoms with van der Waals surface area (Å²) in [5.41, 5.74) is 3.63. The highest BCUT2D eigenvalue weighted by atomic mass is 32.2. The molecule has 1 N–H and O–H groups in total. The van der Waals surface area contributed by atoms with Crippen LogP contribution in [0.4, 0.5) is 8.78 Å². The fourth-order valence-corrected chi connectivity index (χ4v) is 9.83. The molecule has 0 radical (unpaired) electrons. The summed E-state index contributed by atoms with van der Waals surface area (Å²) in [6.45, 7) is -1.38. The van der Waals surface area contributed by atoms with E-state index >= 15 is 4.79 Å². The van der Waals surface area contributed by atoms with Gasteiger partial charge in [0.25, 0.3) is 5.91 Å². The second-order valence-electron chi connectivity index (χ2n) is 14.5. The molecule has 2 saturated carbocycles. The van der Waals surface area contributed by atoms with Gasteiger partial charge in [0, 0.05) is 61.7 Å². The molecular formula is C35H41F2N5O5S. The molecule has 5 aliphatic rings. The molecule has 2 bridgehead atoms. The van der Waals surface area contributed by atoms with Gasteiger partial charge in [-0.3, -0.25) is 9.59 Å². The molecule has 8 rings (SSSR count). The number of amides is 2. The minimum absolute atomic E-state index is 0.0392. The molecule has 4 unspecified atom stereocenters. The van der Waals surface area contributed by atoms with E-state index in [9.17, 15) is 22.0 Å².